The number of halogens is 2. The van der Waals surface area contributed by atoms with E-state index >= 15 is 0 Å². The number of aromatic nitrogens is 2. The number of nitrogens with one attached hydrogen (secondary N) is 1. The molecule has 5 nitrogen and oxygen atoms in total. The number of ether oxygens (including phenoxy) is 1. The fourth-order valence-corrected chi connectivity index (χ4v) is 2.32. The summed E-state index contributed by atoms with van der Waals surface area (Å²) >= 11 is 5.91. The van der Waals surface area contributed by atoms with Crippen LogP contribution in [0.1, 0.15) is 5.56 Å². The first kappa shape index (κ1) is 16.9. The number of hydrogen-bond acceptors (Lipinski definition) is 4. The molecule has 0 aliphatic rings. The van der Waals surface area contributed by atoms with Crippen LogP contribution in [0.15, 0.2) is 60.9 Å². The molecule has 0 fully saturated rings. The smallest absolute Gasteiger partial charge is 0.322 e. The van der Waals surface area contributed by atoms with Crippen LogP contribution >= 0.6 is 11.6 Å². The zero-order valence-corrected chi connectivity index (χ0v) is 13.7. The zero-order valence-electron chi connectivity index (χ0n) is 12.9. The number of benzene rings is 2. The van der Waals surface area contributed by atoms with Gasteiger partial charge < -0.3 is 10.1 Å². The quantitative estimate of drug-likeness (QED) is 0.741. The lowest BCUT2D eigenvalue weighted by Crippen LogP contribution is -2.16. The molecule has 1 heterocycles. The monoisotopic (exact) mass is 357 g/mol. The number of anilines is 1. The van der Waals surface area contributed by atoms with Crippen molar-refractivity contribution in [1.82, 2.24) is 9.97 Å². The van der Waals surface area contributed by atoms with Crippen LogP contribution in [-0.2, 0) is 11.2 Å². The number of para-hydroxylation sites is 1. The lowest BCUT2D eigenvalue weighted by Gasteiger charge is -2.08. The Kier molecular flexibility index (Phi) is 5.20. The molecule has 0 atom stereocenters. The minimum absolute atomic E-state index is 0.145. The number of rotatable bonds is 5. The van der Waals surface area contributed by atoms with Crippen molar-refractivity contribution >= 4 is 23.2 Å². The average molecular weight is 358 g/mol. The largest absolute Gasteiger partial charge is 0.424 e. The van der Waals surface area contributed by atoms with Crippen LogP contribution in [0.3, 0.4) is 0 Å². The van der Waals surface area contributed by atoms with E-state index in [1.54, 1.807) is 12.1 Å². The minimum atomic E-state index is -0.523. The Labute approximate surface area is 148 Å². The van der Waals surface area contributed by atoms with Crippen molar-refractivity contribution in [2.45, 2.75) is 6.42 Å². The van der Waals surface area contributed by atoms with E-state index in [0.717, 1.165) is 0 Å². The maximum atomic E-state index is 13.7. The summed E-state index contributed by atoms with van der Waals surface area (Å²) in [7, 11) is 0. The summed E-state index contributed by atoms with van der Waals surface area (Å²) in [5.74, 6) is -0.341. The molecule has 0 unspecified atom stereocenters. The van der Waals surface area contributed by atoms with Gasteiger partial charge in [-0.2, -0.15) is 0 Å². The second-order valence-corrected chi connectivity index (χ2v) is 5.50. The van der Waals surface area contributed by atoms with Crippen LogP contribution in [0.25, 0.3) is 0 Å². The molecule has 1 amide bonds. The summed E-state index contributed by atoms with van der Waals surface area (Å²) in [6, 6.07) is 13.5. The maximum absolute atomic E-state index is 13.7. The van der Waals surface area contributed by atoms with Gasteiger partial charge in [0.25, 0.3) is 0 Å². The van der Waals surface area contributed by atoms with Gasteiger partial charge in [-0.25, -0.2) is 14.4 Å². The first-order chi connectivity index (χ1) is 12.1. The second-order valence-electron chi connectivity index (χ2n) is 5.09. The molecular formula is C18H13ClFN3O2. The Morgan fingerprint density at radius 2 is 1.80 bits per heavy atom. The van der Waals surface area contributed by atoms with Crippen LogP contribution in [0.2, 0.25) is 5.02 Å². The first-order valence-electron chi connectivity index (χ1n) is 7.39. The number of hydrogen-bond donors (Lipinski definition) is 1. The molecular weight excluding hydrogens is 345 g/mol. The number of carbonyl (C=O) groups excluding carboxylic acids is 1. The molecule has 0 aliphatic heterocycles. The van der Waals surface area contributed by atoms with Crippen LogP contribution in [-0.4, -0.2) is 15.9 Å². The van der Waals surface area contributed by atoms with Crippen molar-refractivity contribution in [3.8, 4) is 11.8 Å². The van der Waals surface area contributed by atoms with E-state index in [2.05, 4.69) is 15.3 Å². The SMILES string of the molecule is O=C(Cc1c(F)cccc1Cl)Nc1cnc(Oc2ccccc2)nc1. The van der Waals surface area contributed by atoms with Gasteiger partial charge in [-0.3, -0.25) is 4.79 Å². The Balaban J connectivity index is 1.62. The van der Waals surface area contributed by atoms with Gasteiger partial charge in [0.1, 0.15) is 11.6 Å². The number of nitrogens with zero attached hydrogens (tertiary/aromatic N) is 2. The van der Waals surface area contributed by atoms with Gasteiger partial charge >= 0.3 is 6.01 Å². The summed E-state index contributed by atoms with van der Waals surface area (Å²) in [6.07, 6.45) is 2.63. The van der Waals surface area contributed by atoms with Gasteiger partial charge in [-0.1, -0.05) is 35.9 Å². The van der Waals surface area contributed by atoms with Gasteiger partial charge in [0.2, 0.25) is 5.91 Å². The molecule has 0 saturated carbocycles. The van der Waals surface area contributed by atoms with Crippen molar-refractivity contribution in [3.05, 3.63) is 77.3 Å². The highest BCUT2D eigenvalue weighted by Crippen LogP contribution is 2.20. The van der Waals surface area contributed by atoms with Crippen molar-refractivity contribution in [2.75, 3.05) is 5.32 Å². The maximum Gasteiger partial charge on any atom is 0.322 e. The molecule has 126 valence electrons. The van der Waals surface area contributed by atoms with Crippen molar-refractivity contribution in [3.63, 3.8) is 0 Å². The third-order valence-corrected chi connectivity index (χ3v) is 3.62. The molecule has 25 heavy (non-hydrogen) atoms. The second kappa shape index (κ2) is 7.72. The summed E-state index contributed by atoms with van der Waals surface area (Å²) in [5, 5.41) is 2.80. The highest BCUT2D eigenvalue weighted by Gasteiger charge is 2.12. The predicted octanol–water partition coefficient (Wildman–Crippen LogP) is 4.24. The Bertz CT molecular complexity index is 853. The van der Waals surface area contributed by atoms with Crippen LogP contribution < -0.4 is 10.1 Å². The highest BCUT2D eigenvalue weighted by atomic mass is 35.5. The van der Waals surface area contributed by atoms with E-state index in [9.17, 15) is 9.18 Å². The van der Waals surface area contributed by atoms with Crippen molar-refractivity contribution in [2.24, 2.45) is 0 Å². The highest BCUT2D eigenvalue weighted by molar-refractivity contribution is 6.31. The molecule has 0 spiro atoms. The third kappa shape index (κ3) is 4.51. The van der Waals surface area contributed by atoms with Crippen LogP contribution in [0, 0.1) is 5.82 Å². The topological polar surface area (TPSA) is 64.1 Å². The molecule has 0 saturated heterocycles. The molecule has 3 rings (SSSR count). The van der Waals surface area contributed by atoms with Gasteiger partial charge in [-0.15, -0.1) is 0 Å². The van der Waals surface area contributed by atoms with Gasteiger partial charge in [0.05, 0.1) is 24.5 Å². The predicted molar refractivity (Wildman–Crippen MR) is 92.3 cm³/mol. The van der Waals surface area contributed by atoms with Crippen LogP contribution in [0.5, 0.6) is 11.8 Å². The summed E-state index contributed by atoms with van der Waals surface area (Å²) in [5.41, 5.74) is 0.518. The average Bonchev–Trinajstić information content (AvgIpc) is 2.61. The fraction of sp³-hybridized carbons (Fsp3) is 0.0556. The first-order valence-corrected chi connectivity index (χ1v) is 7.77. The molecule has 2 aromatic carbocycles. The molecule has 0 bridgehead atoms. The van der Waals surface area contributed by atoms with E-state index in [0.29, 0.717) is 11.4 Å². The van der Waals surface area contributed by atoms with E-state index in [-0.39, 0.29) is 23.0 Å². The molecule has 1 aromatic heterocycles. The molecule has 1 N–H and O–H groups in total. The zero-order chi connectivity index (χ0) is 17.6. The summed E-state index contributed by atoms with van der Waals surface area (Å²) < 4.78 is 19.2. The van der Waals surface area contributed by atoms with E-state index in [1.165, 1.54) is 30.6 Å². The third-order valence-electron chi connectivity index (χ3n) is 3.26. The van der Waals surface area contributed by atoms with E-state index in [1.807, 2.05) is 18.2 Å². The van der Waals surface area contributed by atoms with Gasteiger partial charge in [0, 0.05) is 10.6 Å². The number of amides is 1. The normalized spacial score (nSPS) is 10.3. The Hall–Kier alpha value is -2.99. The Morgan fingerprint density at radius 1 is 1.08 bits per heavy atom. The molecule has 7 heteroatoms. The summed E-state index contributed by atoms with van der Waals surface area (Å²) in [4.78, 5) is 20.1. The van der Waals surface area contributed by atoms with E-state index < -0.39 is 11.7 Å². The fourth-order valence-electron chi connectivity index (χ4n) is 2.09. The summed E-state index contributed by atoms with van der Waals surface area (Å²) in [6.45, 7) is 0. The Morgan fingerprint density at radius 3 is 2.48 bits per heavy atom. The van der Waals surface area contributed by atoms with Gasteiger partial charge in [0.15, 0.2) is 0 Å². The standard InChI is InChI=1S/C18H13ClFN3O2/c19-15-7-4-8-16(20)14(15)9-17(24)23-12-10-21-18(22-11-12)25-13-5-2-1-3-6-13/h1-8,10-11H,9H2,(H,23,24). The van der Waals surface area contributed by atoms with Crippen LogP contribution in [0.4, 0.5) is 10.1 Å². The van der Waals surface area contributed by atoms with Crippen molar-refractivity contribution in [1.29, 1.82) is 0 Å². The minimum Gasteiger partial charge on any atom is -0.424 e. The number of carbonyl (C=O) groups is 1. The molecule has 0 radical (unpaired) electrons. The lowest BCUT2D eigenvalue weighted by molar-refractivity contribution is -0.115. The molecule has 0 aliphatic carbocycles. The van der Waals surface area contributed by atoms with Crippen molar-refractivity contribution < 1.29 is 13.9 Å². The lowest BCUT2D eigenvalue weighted by atomic mass is 10.1. The van der Waals surface area contributed by atoms with E-state index in [4.69, 9.17) is 16.3 Å². The molecule has 3 aromatic rings. The van der Waals surface area contributed by atoms with Gasteiger partial charge in [-0.05, 0) is 24.3 Å².